The van der Waals surface area contributed by atoms with Crippen LogP contribution in [0.25, 0.3) is 22.4 Å². The fourth-order valence-corrected chi connectivity index (χ4v) is 7.79. The van der Waals surface area contributed by atoms with Crippen LogP contribution in [-0.2, 0) is 4.79 Å². The number of nitrogens with zero attached hydrogens (tertiary/aromatic N) is 4. The van der Waals surface area contributed by atoms with Crippen LogP contribution in [0.2, 0.25) is 0 Å². The van der Waals surface area contributed by atoms with Gasteiger partial charge < -0.3 is 29.6 Å². The highest BCUT2D eigenvalue weighted by Gasteiger charge is 2.33. The number of ether oxygens (including phenoxy) is 2. The van der Waals surface area contributed by atoms with Gasteiger partial charge in [-0.05, 0) is 97.3 Å². The van der Waals surface area contributed by atoms with Gasteiger partial charge in [-0.3, -0.25) is 14.5 Å². The fraction of sp³-hybridized carbons (Fsp3) is 0.417. The number of para-hydroxylation sites is 1. The van der Waals surface area contributed by atoms with Crippen LogP contribution in [0, 0.1) is 9.49 Å². The molecule has 2 aliphatic rings. The van der Waals surface area contributed by atoms with Crippen LogP contribution in [-0.4, -0.2) is 86.8 Å². The average Bonchev–Trinajstić information content (AvgIpc) is 3.75. The SMILES string of the molecule is CNC(=O)[C@@H]1CC[C@H](n2c(-c3cc(I)c(OC)c(OC)c3)nc3ccc(C(=O)NCCCN4CCN(c5ccccc5)CC4)cc32)C1. The van der Waals surface area contributed by atoms with E-state index < -0.39 is 0 Å². The van der Waals surface area contributed by atoms with Crippen LogP contribution in [0.3, 0.4) is 0 Å². The summed E-state index contributed by atoms with van der Waals surface area (Å²) in [6, 6.07) is 20.3. The second-order valence-corrected chi connectivity index (χ2v) is 13.4. The van der Waals surface area contributed by atoms with Crippen molar-refractivity contribution in [1.82, 2.24) is 25.1 Å². The first-order valence-electron chi connectivity index (χ1n) is 16.4. The highest BCUT2D eigenvalue weighted by molar-refractivity contribution is 14.1. The van der Waals surface area contributed by atoms with Crippen molar-refractivity contribution >= 4 is 51.1 Å². The summed E-state index contributed by atoms with van der Waals surface area (Å²) in [6.45, 7) is 5.63. The number of carbonyl (C=O) groups is 2. The lowest BCUT2D eigenvalue weighted by molar-refractivity contribution is -0.124. The molecule has 11 heteroatoms. The lowest BCUT2D eigenvalue weighted by Gasteiger charge is -2.36. The van der Waals surface area contributed by atoms with E-state index in [1.54, 1.807) is 21.3 Å². The number of halogens is 1. The first kappa shape index (κ1) is 33.1. The van der Waals surface area contributed by atoms with Crippen molar-refractivity contribution in [3.05, 3.63) is 69.8 Å². The number of aromatic nitrogens is 2. The Bertz CT molecular complexity index is 1720. The van der Waals surface area contributed by atoms with Gasteiger partial charge in [0.05, 0.1) is 28.8 Å². The van der Waals surface area contributed by atoms with Crippen LogP contribution in [0.1, 0.15) is 42.1 Å². The molecule has 248 valence electrons. The van der Waals surface area contributed by atoms with E-state index in [1.807, 2.05) is 30.3 Å². The van der Waals surface area contributed by atoms with Crippen LogP contribution < -0.4 is 25.0 Å². The van der Waals surface area contributed by atoms with E-state index in [4.69, 9.17) is 14.5 Å². The Balaban J connectivity index is 1.17. The van der Waals surface area contributed by atoms with E-state index in [0.29, 0.717) is 30.0 Å². The van der Waals surface area contributed by atoms with Crippen LogP contribution in [0.4, 0.5) is 5.69 Å². The van der Waals surface area contributed by atoms with Gasteiger partial charge in [0.15, 0.2) is 11.5 Å². The monoisotopic (exact) mass is 750 g/mol. The molecule has 2 atom stereocenters. The van der Waals surface area contributed by atoms with E-state index in [9.17, 15) is 9.59 Å². The second-order valence-electron chi connectivity index (χ2n) is 12.3. The molecule has 2 heterocycles. The van der Waals surface area contributed by atoms with Crippen LogP contribution in [0.5, 0.6) is 11.5 Å². The van der Waals surface area contributed by atoms with Crippen molar-refractivity contribution in [3.8, 4) is 22.9 Å². The maximum Gasteiger partial charge on any atom is 0.251 e. The Kier molecular flexibility index (Phi) is 10.5. The third-order valence-electron chi connectivity index (χ3n) is 9.46. The number of rotatable bonds is 11. The zero-order valence-corrected chi connectivity index (χ0v) is 29.5. The lowest BCUT2D eigenvalue weighted by Crippen LogP contribution is -2.47. The van der Waals surface area contributed by atoms with Crippen molar-refractivity contribution in [2.24, 2.45) is 5.92 Å². The Morgan fingerprint density at radius 1 is 0.979 bits per heavy atom. The van der Waals surface area contributed by atoms with Gasteiger partial charge in [0.1, 0.15) is 5.82 Å². The summed E-state index contributed by atoms with van der Waals surface area (Å²) in [7, 11) is 4.95. The first-order chi connectivity index (χ1) is 22.9. The van der Waals surface area contributed by atoms with E-state index in [-0.39, 0.29) is 23.8 Å². The molecule has 4 aromatic rings. The van der Waals surface area contributed by atoms with Crippen LogP contribution in [0.15, 0.2) is 60.7 Å². The first-order valence-corrected chi connectivity index (χ1v) is 17.4. The Labute approximate surface area is 289 Å². The van der Waals surface area contributed by atoms with Crippen molar-refractivity contribution < 1.29 is 19.1 Å². The van der Waals surface area contributed by atoms with Gasteiger partial charge in [-0.1, -0.05) is 18.2 Å². The molecule has 47 heavy (non-hydrogen) atoms. The molecule has 0 radical (unpaired) electrons. The topological polar surface area (TPSA) is 101 Å². The molecule has 0 spiro atoms. The molecule has 1 aliphatic heterocycles. The number of nitrogens with one attached hydrogen (secondary N) is 2. The highest BCUT2D eigenvalue weighted by Crippen LogP contribution is 2.42. The molecule has 0 bridgehead atoms. The van der Waals surface area contributed by atoms with Crippen LogP contribution >= 0.6 is 22.6 Å². The molecule has 2 amide bonds. The van der Waals surface area contributed by atoms with Crippen molar-refractivity contribution in [2.45, 2.75) is 31.7 Å². The minimum Gasteiger partial charge on any atom is -0.493 e. The molecule has 2 N–H and O–H groups in total. The van der Waals surface area contributed by atoms with Gasteiger partial charge in [-0.2, -0.15) is 0 Å². The number of hydrogen-bond donors (Lipinski definition) is 2. The van der Waals surface area contributed by atoms with E-state index in [1.165, 1.54) is 5.69 Å². The number of hydrogen-bond acceptors (Lipinski definition) is 7. The van der Waals surface area contributed by atoms with Gasteiger partial charge in [0.2, 0.25) is 5.91 Å². The average molecular weight is 751 g/mol. The number of benzene rings is 3. The van der Waals surface area contributed by atoms with Gasteiger partial charge in [0, 0.05) is 68.5 Å². The summed E-state index contributed by atoms with van der Waals surface area (Å²) in [5.74, 6) is 2.00. The lowest BCUT2D eigenvalue weighted by atomic mass is 10.1. The Hall–Kier alpha value is -3.84. The summed E-state index contributed by atoms with van der Waals surface area (Å²) in [5.41, 5.74) is 4.46. The summed E-state index contributed by atoms with van der Waals surface area (Å²) in [6.07, 6.45) is 3.24. The third kappa shape index (κ3) is 7.20. The number of imidazole rings is 1. The number of anilines is 1. The van der Waals surface area contributed by atoms with Gasteiger partial charge >= 0.3 is 0 Å². The number of carbonyl (C=O) groups excluding carboxylic acids is 2. The molecular formula is C36H43IN6O4. The molecule has 1 aliphatic carbocycles. The van der Waals surface area contributed by atoms with Crippen molar-refractivity contribution in [3.63, 3.8) is 0 Å². The Morgan fingerprint density at radius 3 is 2.49 bits per heavy atom. The summed E-state index contributed by atoms with van der Waals surface area (Å²) in [4.78, 5) is 35.9. The molecule has 6 rings (SSSR count). The second kappa shape index (κ2) is 14.9. The van der Waals surface area contributed by atoms with Gasteiger partial charge in [-0.15, -0.1) is 0 Å². The number of methoxy groups -OCH3 is 2. The summed E-state index contributed by atoms with van der Waals surface area (Å²) in [5, 5.41) is 5.96. The molecule has 1 aromatic heterocycles. The van der Waals surface area contributed by atoms with Crippen molar-refractivity contribution in [2.75, 3.05) is 65.4 Å². The molecular weight excluding hydrogens is 707 g/mol. The Morgan fingerprint density at radius 2 is 1.77 bits per heavy atom. The molecule has 0 unspecified atom stereocenters. The predicted molar refractivity (Wildman–Crippen MR) is 193 cm³/mol. The summed E-state index contributed by atoms with van der Waals surface area (Å²) >= 11 is 2.25. The number of fused-ring (bicyclic) bond motifs is 1. The normalized spacial score (nSPS) is 18.3. The molecule has 3 aromatic carbocycles. The number of amides is 2. The highest BCUT2D eigenvalue weighted by atomic mass is 127. The quantitative estimate of drug-likeness (QED) is 0.158. The molecule has 1 saturated carbocycles. The molecule has 10 nitrogen and oxygen atoms in total. The van der Waals surface area contributed by atoms with Gasteiger partial charge in [0.25, 0.3) is 5.91 Å². The number of piperazine rings is 1. The molecule has 1 saturated heterocycles. The fourth-order valence-electron chi connectivity index (χ4n) is 6.96. The van der Waals surface area contributed by atoms with E-state index in [2.05, 4.69) is 77.9 Å². The third-order valence-corrected chi connectivity index (χ3v) is 10.3. The zero-order chi connectivity index (χ0) is 32.9. The van der Waals surface area contributed by atoms with Crippen molar-refractivity contribution in [1.29, 1.82) is 0 Å². The smallest absolute Gasteiger partial charge is 0.251 e. The zero-order valence-electron chi connectivity index (χ0n) is 27.3. The largest absolute Gasteiger partial charge is 0.493 e. The van der Waals surface area contributed by atoms with E-state index in [0.717, 1.165) is 78.0 Å². The maximum absolute atomic E-state index is 13.4. The van der Waals surface area contributed by atoms with E-state index >= 15 is 0 Å². The predicted octanol–water partition coefficient (Wildman–Crippen LogP) is 5.35. The molecule has 2 fully saturated rings. The summed E-state index contributed by atoms with van der Waals surface area (Å²) < 4.78 is 14.4. The maximum atomic E-state index is 13.4. The van der Waals surface area contributed by atoms with Gasteiger partial charge in [-0.25, -0.2) is 4.98 Å². The minimum absolute atomic E-state index is 0.0590. The standard InChI is InChI=1S/C36H43IN6O4/c1-38-35(44)24-10-12-28(20-24)43-31-22-25(11-13-30(31)40-34(43)26-21-29(37)33(47-3)32(23-26)46-2)36(45)39-14-7-15-41-16-18-42(19-17-41)27-8-5-4-6-9-27/h4-6,8-9,11,13,21-24,28H,7,10,12,14-20H2,1-3H3,(H,38,44)(H,39,45)/t24-,28+/m1/s1. The minimum atomic E-state index is -0.0922.